The predicted molar refractivity (Wildman–Crippen MR) is 52.2 cm³/mol. The summed E-state index contributed by atoms with van der Waals surface area (Å²) < 4.78 is 1.29. The molecule has 1 heterocycles. The van der Waals surface area contributed by atoms with Crippen molar-refractivity contribution in [2.75, 3.05) is 0 Å². The highest BCUT2D eigenvalue weighted by molar-refractivity contribution is 5.95. The SMILES string of the molecule is C/C=C/Cn1cc(C(N)=O)c([N+](=O)[O-])n1. The van der Waals surface area contributed by atoms with E-state index < -0.39 is 16.6 Å². The molecule has 0 aliphatic carbocycles. The van der Waals surface area contributed by atoms with Crippen LogP contribution in [-0.4, -0.2) is 20.6 Å². The summed E-state index contributed by atoms with van der Waals surface area (Å²) in [5.41, 5.74) is 4.80. The summed E-state index contributed by atoms with van der Waals surface area (Å²) in [6, 6.07) is 0. The maximum atomic E-state index is 10.9. The van der Waals surface area contributed by atoms with E-state index in [9.17, 15) is 14.9 Å². The maximum absolute atomic E-state index is 10.9. The van der Waals surface area contributed by atoms with Crippen molar-refractivity contribution in [3.63, 3.8) is 0 Å². The summed E-state index contributed by atoms with van der Waals surface area (Å²) in [7, 11) is 0. The van der Waals surface area contributed by atoms with E-state index in [2.05, 4.69) is 5.10 Å². The fraction of sp³-hybridized carbons (Fsp3) is 0.250. The van der Waals surface area contributed by atoms with Crippen molar-refractivity contribution in [1.82, 2.24) is 9.78 Å². The highest BCUT2D eigenvalue weighted by atomic mass is 16.6. The van der Waals surface area contributed by atoms with Crippen LogP contribution in [0.2, 0.25) is 0 Å². The molecule has 0 atom stereocenters. The van der Waals surface area contributed by atoms with E-state index in [4.69, 9.17) is 5.73 Å². The number of hydrogen-bond donors (Lipinski definition) is 1. The molecular formula is C8H10N4O3. The van der Waals surface area contributed by atoms with Gasteiger partial charge in [0.15, 0.2) is 5.56 Å². The van der Waals surface area contributed by atoms with Crippen LogP contribution in [0.5, 0.6) is 0 Å². The fourth-order valence-corrected chi connectivity index (χ4v) is 1.03. The number of primary amides is 1. The average Bonchev–Trinajstić information content (AvgIpc) is 2.58. The molecule has 0 aliphatic rings. The predicted octanol–water partition coefficient (Wildman–Crippen LogP) is 0.466. The molecule has 7 nitrogen and oxygen atoms in total. The minimum Gasteiger partial charge on any atom is -0.365 e. The molecule has 0 saturated carbocycles. The van der Waals surface area contributed by atoms with Crippen molar-refractivity contribution < 1.29 is 9.72 Å². The smallest absolute Gasteiger partial charge is 0.365 e. The topological polar surface area (TPSA) is 104 Å². The van der Waals surface area contributed by atoms with Crippen molar-refractivity contribution in [3.05, 3.63) is 34.0 Å². The number of carbonyl (C=O) groups excluding carboxylic acids is 1. The van der Waals surface area contributed by atoms with Gasteiger partial charge in [-0.05, 0) is 11.8 Å². The van der Waals surface area contributed by atoms with Gasteiger partial charge in [-0.15, -0.1) is 0 Å². The number of nitrogens with zero attached hydrogens (tertiary/aromatic N) is 3. The highest BCUT2D eigenvalue weighted by Crippen LogP contribution is 2.14. The second-order valence-corrected chi connectivity index (χ2v) is 2.78. The third-order valence-electron chi connectivity index (χ3n) is 1.71. The van der Waals surface area contributed by atoms with Crippen molar-refractivity contribution >= 4 is 11.7 Å². The molecule has 0 saturated heterocycles. The van der Waals surface area contributed by atoms with Gasteiger partial charge in [0.1, 0.15) is 0 Å². The Balaban J connectivity index is 3.09. The number of amides is 1. The molecule has 0 bridgehead atoms. The number of allylic oxidation sites excluding steroid dienone is 2. The van der Waals surface area contributed by atoms with Crippen LogP contribution in [-0.2, 0) is 6.54 Å². The summed E-state index contributed by atoms with van der Waals surface area (Å²) in [6.45, 7) is 2.18. The van der Waals surface area contributed by atoms with Gasteiger partial charge in [0, 0.05) is 0 Å². The minimum atomic E-state index is -0.853. The van der Waals surface area contributed by atoms with E-state index in [0.29, 0.717) is 6.54 Å². The molecule has 80 valence electrons. The van der Waals surface area contributed by atoms with E-state index in [1.54, 1.807) is 12.2 Å². The number of hydrogen-bond acceptors (Lipinski definition) is 4. The van der Waals surface area contributed by atoms with Crippen LogP contribution in [0, 0.1) is 10.1 Å². The lowest BCUT2D eigenvalue weighted by Gasteiger charge is -1.88. The molecule has 0 aliphatic heterocycles. The van der Waals surface area contributed by atoms with Gasteiger partial charge in [0.05, 0.1) is 17.8 Å². The molecule has 0 radical (unpaired) electrons. The van der Waals surface area contributed by atoms with Crippen molar-refractivity contribution in [1.29, 1.82) is 0 Å². The lowest BCUT2D eigenvalue weighted by Crippen LogP contribution is -2.11. The van der Waals surface area contributed by atoms with Crippen LogP contribution >= 0.6 is 0 Å². The second kappa shape index (κ2) is 4.36. The Hall–Kier alpha value is -2.18. The van der Waals surface area contributed by atoms with Crippen LogP contribution in [0.25, 0.3) is 0 Å². The number of rotatable bonds is 4. The third kappa shape index (κ3) is 2.39. The standard InChI is InChI=1S/C8H10N4O3/c1-2-3-4-11-5-6(7(9)13)8(10-11)12(14)15/h2-3,5H,4H2,1H3,(H2,9,13)/b3-2+. The Bertz CT molecular complexity index is 390. The fourth-order valence-electron chi connectivity index (χ4n) is 1.03. The van der Waals surface area contributed by atoms with Crippen molar-refractivity contribution in [2.45, 2.75) is 13.5 Å². The summed E-state index contributed by atoms with van der Waals surface area (Å²) in [4.78, 5) is 20.6. The molecule has 1 aromatic rings. The van der Waals surface area contributed by atoms with Crippen LogP contribution in [0.15, 0.2) is 18.3 Å². The third-order valence-corrected chi connectivity index (χ3v) is 1.71. The van der Waals surface area contributed by atoms with E-state index in [-0.39, 0.29) is 5.56 Å². The normalized spacial score (nSPS) is 10.7. The summed E-state index contributed by atoms with van der Waals surface area (Å²) in [6.07, 6.45) is 4.79. The van der Waals surface area contributed by atoms with Gasteiger partial charge in [0.25, 0.3) is 5.91 Å². The quantitative estimate of drug-likeness (QED) is 0.443. The Morgan fingerprint density at radius 2 is 2.47 bits per heavy atom. The van der Waals surface area contributed by atoms with Gasteiger partial charge in [-0.1, -0.05) is 12.2 Å². The zero-order valence-electron chi connectivity index (χ0n) is 8.08. The van der Waals surface area contributed by atoms with Crippen molar-refractivity contribution in [3.8, 4) is 0 Å². The number of nitro groups is 1. The molecule has 1 amide bonds. The van der Waals surface area contributed by atoms with Crippen LogP contribution in [0.1, 0.15) is 17.3 Å². The van der Waals surface area contributed by atoms with E-state index in [1.165, 1.54) is 10.9 Å². The number of carbonyl (C=O) groups is 1. The Kier molecular flexibility index (Phi) is 3.17. The molecule has 1 rings (SSSR count). The summed E-state index contributed by atoms with van der Waals surface area (Å²) in [5, 5.41) is 14.2. The molecule has 7 heteroatoms. The Morgan fingerprint density at radius 1 is 1.80 bits per heavy atom. The molecular weight excluding hydrogens is 200 g/mol. The summed E-state index contributed by atoms with van der Waals surface area (Å²) in [5.74, 6) is -1.36. The molecule has 0 aromatic carbocycles. The zero-order chi connectivity index (χ0) is 11.4. The first kappa shape index (κ1) is 10.9. The Labute approximate surface area is 85.3 Å². The molecule has 0 fully saturated rings. The molecule has 1 aromatic heterocycles. The van der Waals surface area contributed by atoms with Gasteiger partial charge in [-0.2, -0.15) is 4.68 Å². The van der Waals surface area contributed by atoms with Crippen LogP contribution in [0.4, 0.5) is 5.82 Å². The first-order valence-electron chi connectivity index (χ1n) is 4.19. The first-order valence-corrected chi connectivity index (χ1v) is 4.19. The molecule has 15 heavy (non-hydrogen) atoms. The number of aromatic nitrogens is 2. The summed E-state index contributed by atoms with van der Waals surface area (Å²) >= 11 is 0. The van der Waals surface area contributed by atoms with Gasteiger partial charge in [0.2, 0.25) is 0 Å². The largest absolute Gasteiger partial charge is 0.402 e. The van der Waals surface area contributed by atoms with Gasteiger partial charge in [-0.25, -0.2) is 0 Å². The molecule has 0 unspecified atom stereocenters. The van der Waals surface area contributed by atoms with Crippen LogP contribution < -0.4 is 5.73 Å². The van der Waals surface area contributed by atoms with Gasteiger partial charge in [-0.3, -0.25) is 4.79 Å². The molecule has 0 spiro atoms. The monoisotopic (exact) mass is 210 g/mol. The molecule has 2 N–H and O–H groups in total. The van der Waals surface area contributed by atoms with Gasteiger partial charge < -0.3 is 15.8 Å². The number of nitrogens with two attached hydrogens (primary N) is 1. The first-order chi connectivity index (χ1) is 7.06. The van der Waals surface area contributed by atoms with Crippen LogP contribution in [0.3, 0.4) is 0 Å². The highest BCUT2D eigenvalue weighted by Gasteiger charge is 2.23. The maximum Gasteiger partial charge on any atom is 0.402 e. The van der Waals surface area contributed by atoms with E-state index in [1.807, 2.05) is 6.92 Å². The Morgan fingerprint density at radius 3 is 2.87 bits per heavy atom. The van der Waals surface area contributed by atoms with E-state index in [0.717, 1.165) is 0 Å². The lowest BCUT2D eigenvalue weighted by molar-refractivity contribution is -0.390. The second-order valence-electron chi connectivity index (χ2n) is 2.78. The van der Waals surface area contributed by atoms with Crippen molar-refractivity contribution in [2.24, 2.45) is 5.73 Å². The zero-order valence-corrected chi connectivity index (χ0v) is 8.08. The van der Waals surface area contributed by atoms with Gasteiger partial charge >= 0.3 is 5.82 Å². The average molecular weight is 210 g/mol. The van der Waals surface area contributed by atoms with E-state index >= 15 is 0 Å². The minimum absolute atomic E-state index is 0.176. The lowest BCUT2D eigenvalue weighted by atomic mass is 10.3.